The quantitative estimate of drug-likeness (QED) is 0.877. The fourth-order valence-electron chi connectivity index (χ4n) is 2.50. The SMILES string of the molecule is Cc1cc(C)c(Nc2ccc3c(c2)OCO3)c(C)c1. The highest BCUT2D eigenvalue weighted by Gasteiger charge is 2.13. The molecule has 98 valence electrons. The number of hydrogen-bond donors (Lipinski definition) is 1. The van der Waals surface area contributed by atoms with E-state index >= 15 is 0 Å². The maximum Gasteiger partial charge on any atom is 0.231 e. The molecule has 0 saturated carbocycles. The predicted molar refractivity (Wildman–Crippen MR) is 76.5 cm³/mol. The molecule has 3 rings (SSSR count). The highest BCUT2D eigenvalue weighted by molar-refractivity contribution is 5.69. The molecule has 0 aliphatic carbocycles. The molecule has 0 saturated heterocycles. The van der Waals surface area contributed by atoms with Crippen molar-refractivity contribution in [2.75, 3.05) is 12.1 Å². The van der Waals surface area contributed by atoms with Gasteiger partial charge in [-0.1, -0.05) is 17.7 Å². The van der Waals surface area contributed by atoms with Gasteiger partial charge in [-0.05, 0) is 44.0 Å². The Hall–Kier alpha value is -2.16. The summed E-state index contributed by atoms with van der Waals surface area (Å²) in [6.45, 7) is 6.66. The van der Waals surface area contributed by atoms with E-state index in [-0.39, 0.29) is 0 Å². The van der Waals surface area contributed by atoms with Crippen molar-refractivity contribution in [2.24, 2.45) is 0 Å². The minimum absolute atomic E-state index is 0.307. The van der Waals surface area contributed by atoms with Crippen molar-refractivity contribution in [3.8, 4) is 11.5 Å². The number of fused-ring (bicyclic) bond motifs is 1. The molecule has 0 fully saturated rings. The Balaban J connectivity index is 1.93. The van der Waals surface area contributed by atoms with E-state index < -0.39 is 0 Å². The Morgan fingerprint density at radius 1 is 0.895 bits per heavy atom. The first kappa shape index (κ1) is 11.9. The van der Waals surface area contributed by atoms with Crippen LogP contribution in [0.4, 0.5) is 11.4 Å². The van der Waals surface area contributed by atoms with Gasteiger partial charge < -0.3 is 14.8 Å². The molecule has 1 heterocycles. The Morgan fingerprint density at radius 3 is 2.32 bits per heavy atom. The molecule has 0 aromatic heterocycles. The van der Waals surface area contributed by atoms with Crippen molar-refractivity contribution in [3.05, 3.63) is 47.0 Å². The molecule has 0 bridgehead atoms. The van der Waals surface area contributed by atoms with Crippen LogP contribution in [0.2, 0.25) is 0 Å². The Kier molecular flexibility index (Phi) is 2.82. The van der Waals surface area contributed by atoms with E-state index in [4.69, 9.17) is 9.47 Å². The molecule has 3 nitrogen and oxygen atoms in total. The van der Waals surface area contributed by atoms with Gasteiger partial charge in [0.1, 0.15) is 0 Å². The zero-order valence-electron chi connectivity index (χ0n) is 11.4. The molecule has 2 aromatic carbocycles. The lowest BCUT2D eigenvalue weighted by Gasteiger charge is -2.14. The number of hydrogen-bond acceptors (Lipinski definition) is 3. The second-order valence-electron chi connectivity index (χ2n) is 4.97. The third-order valence-corrected chi connectivity index (χ3v) is 3.32. The fraction of sp³-hybridized carbons (Fsp3) is 0.250. The van der Waals surface area contributed by atoms with E-state index in [9.17, 15) is 0 Å². The molecule has 1 N–H and O–H groups in total. The van der Waals surface area contributed by atoms with Crippen LogP contribution in [0.15, 0.2) is 30.3 Å². The van der Waals surface area contributed by atoms with Crippen LogP contribution in [0.5, 0.6) is 11.5 Å². The summed E-state index contributed by atoms with van der Waals surface area (Å²) in [5.41, 5.74) is 5.94. The molecule has 0 unspecified atom stereocenters. The normalized spacial score (nSPS) is 12.6. The van der Waals surface area contributed by atoms with Gasteiger partial charge in [0.15, 0.2) is 11.5 Å². The van der Waals surface area contributed by atoms with Crippen molar-refractivity contribution < 1.29 is 9.47 Å². The Labute approximate surface area is 113 Å². The summed E-state index contributed by atoms with van der Waals surface area (Å²) < 4.78 is 10.7. The zero-order chi connectivity index (χ0) is 13.4. The summed E-state index contributed by atoms with van der Waals surface area (Å²) in [5.74, 6) is 1.61. The predicted octanol–water partition coefficient (Wildman–Crippen LogP) is 4.08. The van der Waals surface area contributed by atoms with Crippen molar-refractivity contribution in [1.29, 1.82) is 0 Å². The van der Waals surface area contributed by atoms with Gasteiger partial charge in [-0.3, -0.25) is 0 Å². The topological polar surface area (TPSA) is 30.5 Å². The first-order valence-electron chi connectivity index (χ1n) is 6.38. The van der Waals surface area contributed by atoms with Crippen LogP contribution in [0.1, 0.15) is 16.7 Å². The van der Waals surface area contributed by atoms with E-state index in [2.05, 4.69) is 38.2 Å². The minimum Gasteiger partial charge on any atom is -0.454 e. The number of aryl methyl sites for hydroxylation is 3. The standard InChI is InChI=1S/C16H17NO2/c1-10-6-11(2)16(12(3)7-10)17-13-4-5-14-15(8-13)19-9-18-14/h4-8,17H,9H2,1-3H3. The minimum atomic E-state index is 0.307. The van der Waals surface area contributed by atoms with Crippen LogP contribution in [0.3, 0.4) is 0 Å². The summed E-state index contributed by atoms with van der Waals surface area (Å²) >= 11 is 0. The van der Waals surface area contributed by atoms with E-state index in [0.717, 1.165) is 22.9 Å². The number of benzene rings is 2. The van der Waals surface area contributed by atoms with E-state index in [1.165, 1.54) is 16.7 Å². The Morgan fingerprint density at radius 2 is 1.58 bits per heavy atom. The lowest BCUT2D eigenvalue weighted by molar-refractivity contribution is 0.174. The van der Waals surface area contributed by atoms with Gasteiger partial charge in [-0.25, -0.2) is 0 Å². The second kappa shape index (κ2) is 4.50. The molecule has 0 radical (unpaired) electrons. The van der Waals surface area contributed by atoms with Crippen LogP contribution in [-0.4, -0.2) is 6.79 Å². The number of nitrogens with one attached hydrogen (secondary N) is 1. The summed E-state index contributed by atoms with van der Waals surface area (Å²) in [6, 6.07) is 10.3. The number of ether oxygens (including phenoxy) is 2. The molecule has 19 heavy (non-hydrogen) atoms. The molecule has 0 spiro atoms. The summed E-state index contributed by atoms with van der Waals surface area (Å²) in [5, 5.41) is 3.46. The highest BCUT2D eigenvalue weighted by Crippen LogP contribution is 2.36. The van der Waals surface area contributed by atoms with Gasteiger partial charge in [0.2, 0.25) is 6.79 Å². The summed E-state index contributed by atoms with van der Waals surface area (Å²) in [6.07, 6.45) is 0. The van der Waals surface area contributed by atoms with Crippen LogP contribution >= 0.6 is 0 Å². The maximum atomic E-state index is 5.39. The molecule has 3 heteroatoms. The third kappa shape index (κ3) is 2.24. The zero-order valence-corrected chi connectivity index (χ0v) is 11.4. The van der Waals surface area contributed by atoms with Gasteiger partial charge in [-0.2, -0.15) is 0 Å². The van der Waals surface area contributed by atoms with Crippen molar-refractivity contribution in [3.63, 3.8) is 0 Å². The lowest BCUT2D eigenvalue weighted by Crippen LogP contribution is -1.97. The fourth-order valence-corrected chi connectivity index (χ4v) is 2.50. The molecular formula is C16H17NO2. The van der Waals surface area contributed by atoms with Crippen LogP contribution in [-0.2, 0) is 0 Å². The van der Waals surface area contributed by atoms with E-state index in [0.29, 0.717) is 6.79 Å². The molecule has 1 aliphatic rings. The number of rotatable bonds is 2. The molecule has 2 aromatic rings. The molecule has 0 amide bonds. The van der Waals surface area contributed by atoms with E-state index in [1.807, 2.05) is 18.2 Å². The van der Waals surface area contributed by atoms with Crippen molar-refractivity contribution in [1.82, 2.24) is 0 Å². The number of anilines is 2. The van der Waals surface area contributed by atoms with Gasteiger partial charge in [-0.15, -0.1) is 0 Å². The largest absolute Gasteiger partial charge is 0.454 e. The molecule has 1 aliphatic heterocycles. The monoisotopic (exact) mass is 255 g/mol. The van der Waals surface area contributed by atoms with E-state index in [1.54, 1.807) is 0 Å². The molecule has 0 atom stereocenters. The average molecular weight is 255 g/mol. The summed E-state index contributed by atoms with van der Waals surface area (Å²) in [7, 11) is 0. The third-order valence-electron chi connectivity index (χ3n) is 3.32. The lowest BCUT2D eigenvalue weighted by atomic mass is 10.0. The van der Waals surface area contributed by atoms with Crippen LogP contribution in [0.25, 0.3) is 0 Å². The van der Waals surface area contributed by atoms with Gasteiger partial charge in [0.05, 0.1) is 0 Å². The maximum absolute atomic E-state index is 5.39. The average Bonchev–Trinajstić information content (AvgIpc) is 2.81. The summed E-state index contributed by atoms with van der Waals surface area (Å²) in [4.78, 5) is 0. The highest BCUT2D eigenvalue weighted by atomic mass is 16.7. The smallest absolute Gasteiger partial charge is 0.231 e. The van der Waals surface area contributed by atoms with Gasteiger partial charge >= 0.3 is 0 Å². The van der Waals surface area contributed by atoms with Gasteiger partial charge in [0, 0.05) is 17.4 Å². The van der Waals surface area contributed by atoms with Crippen molar-refractivity contribution >= 4 is 11.4 Å². The van der Waals surface area contributed by atoms with Crippen LogP contribution < -0.4 is 14.8 Å². The van der Waals surface area contributed by atoms with Crippen molar-refractivity contribution in [2.45, 2.75) is 20.8 Å². The first-order chi connectivity index (χ1) is 9.13. The second-order valence-corrected chi connectivity index (χ2v) is 4.97. The van der Waals surface area contributed by atoms with Gasteiger partial charge in [0.25, 0.3) is 0 Å². The first-order valence-corrected chi connectivity index (χ1v) is 6.38. The Bertz CT molecular complexity index is 612. The molecular weight excluding hydrogens is 238 g/mol. The van der Waals surface area contributed by atoms with Crippen LogP contribution in [0, 0.1) is 20.8 Å².